The minimum atomic E-state index is 0.0536. The standard InChI is InChI=1S/C11H26N4O/c1-5-15(10(2)8-14(3)4)9-11(16)13-7-6-12/h10H,5-9,12H2,1-4H3,(H,13,16). The van der Waals surface area contributed by atoms with E-state index < -0.39 is 0 Å². The number of likely N-dealkylation sites (N-methyl/N-ethyl adjacent to an activating group) is 2. The molecular formula is C11H26N4O. The molecule has 0 rings (SSSR count). The number of carbonyl (C=O) groups is 1. The molecule has 0 saturated carbocycles. The lowest BCUT2D eigenvalue weighted by atomic mass is 10.2. The summed E-state index contributed by atoms with van der Waals surface area (Å²) in [5, 5.41) is 2.79. The van der Waals surface area contributed by atoms with Crippen molar-refractivity contribution in [1.82, 2.24) is 15.1 Å². The van der Waals surface area contributed by atoms with Gasteiger partial charge in [0.2, 0.25) is 5.91 Å². The van der Waals surface area contributed by atoms with Crippen LogP contribution in [0.4, 0.5) is 0 Å². The molecule has 5 heteroatoms. The van der Waals surface area contributed by atoms with Crippen molar-refractivity contribution in [2.75, 3.05) is 46.8 Å². The third-order valence-electron chi connectivity index (χ3n) is 2.47. The van der Waals surface area contributed by atoms with Crippen molar-refractivity contribution in [1.29, 1.82) is 0 Å². The van der Waals surface area contributed by atoms with E-state index in [-0.39, 0.29) is 5.91 Å². The maximum Gasteiger partial charge on any atom is 0.234 e. The zero-order chi connectivity index (χ0) is 12.6. The number of nitrogens with two attached hydrogens (primary N) is 1. The molecule has 0 aliphatic rings. The predicted molar refractivity (Wildman–Crippen MR) is 67.3 cm³/mol. The van der Waals surface area contributed by atoms with Gasteiger partial charge >= 0.3 is 0 Å². The average molecular weight is 230 g/mol. The van der Waals surface area contributed by atoms with Crippen molar-refractivity contribution >= 4 is 5.91 Å². The molecule has 16 heavy (non-hydrogen) atoms. The number of nitrogens with one attached hydrogen (secondary N) is 1. The van der Waals surface area contributed by atoms with E-state index in [4.69, 9.17) is 5.73 Å². The molecule has 0 aromatic carbocycles. The minimum absolute atomic E-state index is 0.0536. The van der Waals surface area contributed by atoms with Gasteiger partial charge in [-0.25, -0.2) is 0 Å². The highest BCUT2D eigenvalue weighted by atomic mass is 16.2. The molecule has 0 heterocycles. The summed E-state index contributed by atoms with van der Waals surface area (Å²) < 4.78 is 0. The zero-order valence-corrected chi connectivity index (χ0v) is 11.0. The summed E-state index contributed by atoms with van der Waals surface area (Å²) in [4.78, 5) is 15.8. The summed E-state index contributed by atoms with van der Waals surface area (Å²) in [5.41, 5.74) is 5.33. The smallest absolute Gasteiger partial charge is 0.234 e. The lowest BCUT2D eigenvalue weighted by Gasteiger charge is -2.29. The van der Waals surface area contributed by atoms with E-state index in [9.17, 15) is 4.79 Å². The highest BCUT2D eigenvalue weighted by Crippen LogP contribution is 1.99. The number of nitrogens with zero attached hydrogens (tertiary/aromatic N) is 2. The lowest BCUT2D eigenvalue weighted by Crippen LogP contribution is -2.46. The number of hydrogen-bond donors (Lipinski definition) is 2. The SMILES string of the molecule is CCN(CC(=O)NCCN)C(C)CN(C)C. The Labute approximate surface area is 99.0 Å². The van der Waals surface area contributed by atoms with Gasteiger partial charge in [0.25, 0.3) is 0 Å². The van der Waals surface area contributed by atoms with Crippen LogP contribution in [0.25, 0.3) is 0 Å². The molecule has 0 radical (unpaired) electrons. The lowest BCUT2D eigenvalue weighted by molar-refractivity contribution is -0.122. The zero-order valence-electron chi connectivity index (χ0n) is 11.0. The Morgan fingerprint density at radius 2 is 2.06 bits per heavy atom. The first-order valence-electron chi connectivity index (χ1n) is 5.86. The van der Waals surface area contributed by atoms with Gasteiger partial charge in [-0.15, -0.1) is 0 Å². The van der Waals surface area contributed by atoms with E-state index in [1.807, 2.05) is 14.1 Å². The maximum absolute atomic E-state index is 11.5. The van der Waals surface area contributed by atoms with Crippen molar-refractivity contribution in [2.24, 2.45) is 5.73 Å². The summed E-state index contributed by atoms with van der Waals surface area (Å²) in [7, 11) is 4.08. The van der Waals surface area contributed by atoms with Gasteiger partial charge in [-0.3, -0.25) is 9.69 Å². The van der Waals surface area contributed by atoms with Crippen LogP contribution < -0.4 is 11.1 Å². The average Bonchev–Trinajstić information content (AvgIpc) is 2.21. The topological polar surface area (TPSA) is 61.6 Å². The molecule has 0 aliphatic carbocycles. The van der Waals surface area contributed by atoms with Crippen LogP contribution in [0.1, 0.15) is 13.8 Å². The largest absolute Gasteiger partial charge is 0.354 e. The van der Waals surface area contributed by atoms with Crippen LogP contribution in [-0.4, -0.2) is 68.6 Å². The molecular weight excluding hydrogens is 204 g/mol. The molecule has 0 aromatic heterocycles. The molecule has 0 bridgehead atoms. The molecule has 1 amide bonds. The van der Waals surface area contributed by atoms with E-state index in [0.29, 0.717) is 25.7 Å². The van der Waals surface area contributed by atoms with E-state index in [0.717, 1.165) is 13.1 Å². The van der Waals surface area contributed by atoms with Crippen LogP contribution in [0.5, 0.6) is 0 Å². The highest BCUT2D eigenvalue weighted by Gasteiger charge is 2.15. The maximum atomic E-state index is 11.5. The third kappa shape index (κ3) is 6.76. The van der Waals surface area contributed by atoms with Crippen LogP contribution in [0.15, 0.2) is 0 Å². The van der Waals surface area contributed by atoms with E-state index in [1.165, 1.54) is 0 Å². The first-order chi connectivity index (χ1) is 7.51. The van der Waals surface area contributed by atoms with Crippen molar-refractivity contribution in [2.45, 2.75) is 19.9 Å². The summed E-state index contributed by atoms with van der Waals surface area (Å²) in [6, 6.07) is 0.378. The molecule has 5 nitrogen and oxygen atoms in total. The normalized spacial score (nSPS) is 13.2. The molecule has 96 valence electrons. The van der Waals surface area contributed by atoms with Crippen LogP contribution in [0.3, 0.4) is 0 Å². The van der Waals surface area contributed by atoms with Crippen LogP contribution in [0, 0.1) is 0 Å². The second-order valence-corrected chi connectivity index (χ2v) is 4.31. The number of amides is 1. The summed E-state index contributed by atoms with van der Waals surface area (Å²) in [6.07, 6.45) is 0. The van der Waals surface area contributed by atoms with Crippen LogP contribution in [-0.2, 0) is 4.79 Å². The third-order valence-corrected chi connectivity index (χ3v) is 2.47. The Bertz CT molecular complexity index is 196. The van der Waals surface area contributed by atoms with Gasteiger partial charge in [0, 0.05) is 25.7 Å². The Kier molecular flexibility index (Phi) is 8.15. The molecule has 0 spiro atoms. The van der Waals surface area contributed by atoms with Gasteiger partial charge in [-0.1, -0.05) is 6.92 Å². The monoisotopic (exact) mass is 230 g/mol. The van der Waals surface area contributed by atoms with Crippen molar-refractivity contribution < 1.29 is 4.79 Å². The quantitative estimate of drug-likeness (QED) is 0.581. The Morgan fingerprint density at radius 3 is 2.50 bits per heavy atom. The van der Waals surface area contributed by atoms with Gasteiger partial charge in [0.1, 0.15) is 0 Å². The molecule has 0 aliphatic heterocycles. The second-order valence-electron chi connectivity index (χ2n) is 4.31. The second kappa shape index (κ2) is 8.50. The number of rotatable bonds is 8. The van der Waals surface area contributed by atoms with Crippen molar-refractivity contribution in [3.63, 3.8) is 0 Å². The Hall–Kier alpha value is -0.650. The van der Waals surface area contributed by atoms with Gasteiger partial charge in [-0.05, 0) is 27.6 Å². The van der Waals surface area contributed by atoms with E-state index in [2.05, 4.69) is 29.0 Å². The Morgan fingerprint density at radius 1 is 1.44 bits per heavy atom. The van der Waals surface area contributed by atoms with E-state index >= 15 is 0 Å². The molecule has 3 N–H and O–H groups in total. The molecule has 0 saturated heterocycles. The number of carbonyl (C=O) groups excluding carboxylic acids is 1. The first kappa shape index (κ1) is 15.3. The van der Waals surface area contributed by atoms with Gasteiger partial charge < -0.3 is 16.0 Å². The van der Waals surface area contributed by atoms with Crippen molar-refractivity contribution in [3.8, 4) is 0 Å². The van der Waals surface area contributed by atoms with Gasteiger partial charge in [0.15, 0.2) is 0 Å². The van der Waals surface area contributed by atoms with Crippen LogP contribution >= 0.6 is 0 Å². The first-order valence-corrected chi connectivity index (χ1v) is 5.86. The fourth-order valence-corrected chi connectivity index (χ4v) is 1.68. The number of hydrogen-bond acceptors (Lipinski definition) is 4. The summed E-state index contributed by atoms with van der Waals surface area (Å²) in [5.74, 6) is 0.0536. The molecule has 1 unspecified atom stereocenters. The summed E-state index contributed by atoms with van der Waals surface area (Å²) >= 11 is 0. The van der Waals surface area contributed by atoms with Crippen LogP contribution in [0.2, 0.25) is 0 Å². The highest BCUT2D eigenvalue weighted by molar-refractivity contribution is 5.78. The molecule has 0 fully saturated rings. The fourth-order valence-electron chi connectivity index (χ4n) is 1.68. The molecule has 0 aromatic rings. The van der Waals surface area contributed by atoms with E-state index in [1.54, 1.807) is 0 Å². The minimum Gasteiger partial charge on any atom is -0.354 e. The van der Waals surface area contributed by atoms with Gasteiger partial charge in [-0.2, -0.15) is 0 Å². The van der Waals surface area contributed by atoms with Gasteiger partial charge in [0.05, 0.1) is 6.54 Å². The summed E-state index contributed by atoms with van der Waals surface area (Å²) in [6.45, 7) is 7.54. The molecule has 1 atom stereocenters. The Balaban J connectivity index is 4.02. The van der Waals surface area contributed by atoms with Crippen molar-refractivity contribution in [3.05, 3.63) is 0 Å². The predicted octanol–water partition coefficient (Wildman–Crippen LogP) is -0.667. The fraction of sp³-hybridized carbons (Fsp3) is 0.909.